The van der Waals surface area contributed by atoms with Crippen LogP contribution in [0.15, 0.2) is 18.2 Å². The minimum atomic E-state index is -0.512. The van der Waals surface area contributed by atoms with Gasteiger partial charge in [-0.2, -0.15) is 0 Å². The molecule has 3 nitrogen and oxygen atoms in total. The van der Waals surface area contributed by atoms with Crippen molar-refractivity contribution in [1.29, 1.82) is 0 Å². The predicted molar refractivity (Wildman–Crippen MR) is 58.0 cm³/mol. The van der Waals surface area contributed by atoms with E-state index in [0.29, 0.717) is 5.56 Å². The van der Waals surface area contributed by atoms with Crippen molar-refractivity contribution in [3.05, 3.63) is 29.6 Å². The van der Waals surface area contributed by atoms with E-state index in [1.807, 2.05) is 20.8 Å². The lowest BCUT2D eigenvalue weighted by atomic mass is 10.1. The monoisotopic (exact) mass is 210 g/mol. The molecule has 4 heteroatoms. The number of hydrogen-bond acceptors (Lipinski definition) is 2. The molecule has 0 bridgehead atoms. The summed E-state index contributed by atoms with van der Waals surface area (Å²) in [5, 5.41) is 2.77. The Balaban J connectivity index is 2.88. The Hall–Kier alpha value is -1.58. The molecule has 0 saturated carbocycles. The van der Waals surface area contributed by atoms with Crippen molar-refractivity contribution in [3.8, 4) is 0 Å². The lowest BCUT2D eigenvalue weighted by Crippen LogP contribution is -2.40. The fraction of sp³-hybridized carbons (Fsp3) is 0.364. The molecule has 0 radical (unpaired) electrons. The van der Waals surface area contributed by atoms with Gasteiger partial charge in [-0.3, -0.25) is 4.79 Å². The lowest BCUT2D eigenvalue weighted by molar-refractivity contribution is 0.0919. The van der Waals surface area contributed by atoms with Crippen molar-refractivity contribution in [2.24, 2.45) is 0 Å². The van der Waals surface area contributed by atoms with Crippen LogP contribution in [0.3, 0.4) is 0 Å². The van der Waals surface area contributed by atoms with E-state index in [9.17, 15) is 9.18 Å². The first-order valence-electron chi connectivity index (χ1n) is 4.67. The predicted octanol–water partition coefficient (Wildman–Crippen LogP) is 1.94. The smallest absolute Gasteiger partial charge is 0.251 e. The topological polar surface area (TPSA) is 55.1 Å². The van der Waals surface area contributed by atoms with E-state index in [1.54, 1.807) is 0 Å². The molecule has 0 aliphatic heterocycles. The summed E-state index contributed by atoms with van der Waals surface area (Å²) < 4.78 is 12.8. The van der Waals surface area contributed by atoms with Crippen LogP contribution in [0.4, 0.5) is 10.1 Å². The van der Waals surface area contributed by atoms with Crippen LogP contribution in [0.25, 0.3) is 0 Å². The zero-order valence-electron chi connectivity index (χ0n) is 9.10. The van der Waals surface area contributed by atoms with Crippen LogP contribution in [0.1, 0.15) is 31.1 Å². The van der Waals surface area contributed by atoms with E-state index in [-0.39, 0.29) is 17.1 Å². The standard InChI is InChI=1S/C11H15FN2O/c1-11(2,3)14-10(15)7-4-5-8(12)9(13)6-7/h4-6H,13H2,1-3H3,(H,14,15). The third-order valence-corrected chi connectivity index (χ3v) is 1.75. The van der Waals surface area contributed by atoms with Gasteiger partial charge in [-0.15, -0.1) is 0 Å². The largest absolute Gasteiger partial charge is 0.396 e. The Morgan fingerprint density at radius 1 is 1.40 bits per heavy atom. The minimum absolute atomic E-state index is 0.0171. The summed E-state index contributed by atoms with van der Waals surface area (Å²) in [6, 6.07) is 3.93. The third kappa shape index (κ3) is 3.23. The number of hydrogen-bond donors (Lipinski definition) is 2. The highest BCUT2D eigenvalue weighted by Gasteiger charge is 2.15. The van der Waals surface area contributed by atoms with Crippen molar-refractivity contribution >= 4 is 11.6 Å². The maximum Gasteiger partial charge on any atom is 0.251 e. The molecule has 3 N–H and O–H groups in total. The second-order valence-electron chi connectivity index (χ2n) is 4.44. The quantitative estimate of drug-likeness (QED) is 0.696. The minimum Gasteiger partial charge on any atom is -0.396 e. The van der Waals surface area contributed by atoms with Gasteiger partial charge < -0.3 is 11.1 Å². The van der Waals surface area contributed by atoms with Crippen LogP contribution < -0.4 is 11.1 Å². The molecule has 0 fully saturated rings. The van der Waals surface area contributed by atoms with Crippen molar-refractivity contribution < 1.29 is 9.18 Å². The summed E-state index contributed by atoms with van der Waals surface area (Å²) in [6.45, 7) is 5.62. The summed E-state index contributed by atoms with van der Waals surface area (Å²) in [4.78, 5) is 11.6. The van der Waals surface area contributed by atoms with Crippen LogP contribution in [0, 0.1) is 5.82 Å². The van der Waals surface area contributed by atoms with Gasteiger partial charge in [0.05, 0.1) is 5.69 Å². The van der Waals surface area contributed by atoms with Gasteiger partial charge in [0.2, 0.25) is 0 Å². The second kappa shape index (κ2) is 3.88. The first-order valence-corrected chi connectivity index (χ1v) is 4.67. The zero-order valence-corrected chi connectivity index (χ0v) is 9.10. The third-order valence-electron chi connectivity index (χ3n) is 1.75. The first kappa shape index (κ1) is 11.5. The summed E-state index contributed by atoms with van der Waals surface area (Å²) in [6.07, 6.45) is 0. The van der Waals surface area contributed by atoms with Gasteiger partial charge in [-0.1, -0.05) is 0 Å². The number of nitrogens with two attached hydrogens (primary N) is 1. The molecule has 1 aromatic carbocycles. The zero-order chi connectivity index (χ0) is 11.6. The van der Waals surface area contributed by atoms with E-state index in [4.69, 9.17) is 5.73 Å². The molecule has 1 amide bonds. The molecule has 82 valence electrons. The Morgan fingerprint density at radius 2 is 2.00 bits per heavy atom. The summed E-state index contributed by atoms with van der Waals surface area (Å²) in [7, 11) is 0. The number of anilines is 1. The first-order chi connectivity index (χ1) is 6.79. The number of carbonyl (C=O) groups is 1. The maximum atomic E-state index is 12.8. The van der Waals surface area contributed by atoms with Crippen LogP contribution in [0.2, 0.25) is 0 Å². The van der Waals surface area contributed by atoms with E-state index in [1.165, 1.54) is 18.2 Å². The van der Waals surface area contributed by atoms with Gasteiger partial charge in [0, 0.05) is 11.1 Å². The van der Waals surface area contributed by atoms with Gasteiger partial charge in [0.15, 0.2) is 0 Å². The SMILES string of the molecule is CC(C)(C)NC(=O)c1ccc(F)c(N)c1. The van der Waals surface area contributed by atoms with Crippen LogP contribution >= 0.6 is 0 Å². The number of amides is 1. The van der Waals surface area contributed by atoms with Gasteiger partial charge in [-0.05, 0) is 39.0 Å². The Labute approximate surface area is 88.5 Å². The summed E-state index contributed by atoms with van der Waals surface area (Å²) >= 11 is 0. The highest BCUT2D eigenvalue weighted by molar-refractivity contribution is 5.95. The molecule has 0 spiro atoms. The molecule has 0 aromatic heterocycles. The molecule has 0 aliphatic rings. The van der Waals surface area contributed by atoms with Gasteiger partial charge in [0.1, 0.15) is 5.82 Å². The molecule has 1 rings (SSSR count). The van der Waals surface area contributed by atoms with E-state index < -0.39 is 5.82 Å². The molecular weight excluding hydrogens is 195 g/mol. The number of halogens is 1. The number of carbonyl (C=O) groups excluding carboxylic acids is 1. The molecule has 0 saturated heterocycles. The molecule has 1 aromatic rings. The normalized spacial score (nSPS) is 11.2. The Kier molecular flexibility index (Phi) is 2.98. The molecule has 0 aliphatic carbocycles. The fourth-order valence-electron chi connectivity index (χ4n) is 1.10. The molecule has 0 unspecified atom stereocenters. The van der Waals surface area contributed by atoms with Crippen molar-refractivity contribution in [1.82, 2.24) is 5.32 Å². The fourth-order valence-corrected chi connectivity index (χ4v) is 1.10. The highest BCUT2D eigenvalue weighted by atomic mass is 19.1. The van der Waals surface area contributed by atoms with Crippen LogP contribution in [-0.2, 0) is 0 Å². The van der Waals surface area contributed by atoms with Crippen molar-refractivity contribution in [2.75, 3.05) is 5.73 Å². The Morgan fingerprint density at radius 3 is 2.47 bits per heavy atom. The number of rotatable bonds is 1. The molecule has 0 heterocycles. The number of benzene rings is 1. The van der Waals surface area contributed by atoms with E-state index >= 15 is 0 Å². The van der Waals surface area contributed by atoms with Crippen LogP contribution in [0.5, 0.6) is 0 Å². The average molecular weight is 210 g/mol. The van der Waals surface area contributed by atoms with Gasteiger partial charge >= 0.3 is 0 Å². The molecule has 0 atom stereocenters. The van der Waals surface area contributed by atoms with E-state index in [2.05, 4.69) is 5.32 Å². The average Bonchev–Trinajstić information content (AvgIpc) is 2.06. The number of nitrogens with one attached hydrogen (secondary N) is 1. The van der Waals surface area contributed by atoms with Crippen molar-refractivity contribution in [3.63, 3.8) is 0 Å². The number of nitrogen functional groups attached to an aromatic ring is 1. The molecular formula is C11H15FN2O. The van der Waals surface area contributed by atoms with Gasteiger partial charge in [-0.25, -0.2) is 4.39 Å². The van der Waals surface area contributed by atoms with Gasteiger partial charge in [0.25, 0.3) is 5.91 Å². The summed E-state index contributed by atoms with van der Waals surface area (Å²) in [5.74, 6) is -0.767. The second-order valence-corrected chi connectivity index (χ2v) is 4.44. The molecule has 15 heavy (non-hydrogen) atoms. The summed E-state index contributed by atoms with van der Waals surface area (Å²) in [5.41, 5.74) is 5.40. The van der Waals surface area contributed by atoms with Crippen molar-refractivity contribution in [2.45, 2.75) is 26.3 Å². The van der Waals surface area contributed by atoms with Crippen LogP contribution in [-0.4, -0.2) is 11.4 Å². The lowest BCUT2D eigenvalue weighted by Gasteiger charge is -2.20. The van der Waals surface area contributed by atoms with E-state index in [0.717, 1.165) is 0 Å². The Bertz CT molecular complexity index is 383. The maximum absolute atomic E-state index is 12.8. The highest BCUT2D eigenvalue weighted by Crippen LogP contribution is 2.13.